The Hall–Kier alpha value is -2.24. The van der Waals surface area contributed by atoms with Crippen molar-refractivity contribution in [3.05, 3.63) is 29.8 Å². The third-order valence-corrected chi connectivity index (χ3v) is 3.59. The van der Waals surface area contributed by atoms with Crippen LogP contribution in [-0.2, 0) is 11.3 Å². The molecule has 2 rings (SSSR count). The molecule has 1 fully saturated rings. The minimum Gasteiger partial charge on any atom is -0.491 e. The summed E-state index contributed by atoms with van der Waals surface area (Å²) in [6.07, 6.45) is 0.572. The third kappa shape index (κ3) is 4.13. The van der Waals surface area contributed by atoms with Crippen LogP contribution in [0.15, 0.2) is 24.3 Å². The summed E-state index contributed by atoms with van der Waals surface area (Å²) in [5.41, 5.74) is 0.901. The van der Waals surface area contributed by atoms with Crippen LogP contribution >= 0.6 is 0 Å². The largest absolute Gasteiger partial charge is 0.491 e. The first kappa shape index (κ1) is 16.1. The number of carbonyl (C=O) groups excluding carboxylic acids is 1. The Kier molecular flexibility index (Phi) is 5.25. The lowest BCUT2D eigenvalue weighted by Crippen LogP contribution is -2.38. The number of carboxylic acid groups (broad SMARTS) is 1. The highest BCUT2D eigenvalue weighted by atomic mass is 16.5. The van der Waals surface area contributed by atoms with Gasteiger partial charge in [-0.15, -0.1) is 0 Å². The molecule has 0 aromatic heterocycles. The quantitative estimate of drug-likeness (QED) is 0.873. The predicted molar refractivity (Wildman–Crippen MR) is 81.8 cm³/mol. The van der Waals surface area contributed by atoms with Crippen molar-refractivity contribution in [1.82, 2.24) is 10.2 Å². The smallest absolute Gasteiger partial charge is 0.317 e. The van der Waals surface area contributed by atoms with Crippen molar-refractivity contribution in [3.63, 3.8) is 0 Å². The van der Waals surface area contributed by atoms with Crippen molar-refractivity contribution in [2.45, 2.75) is 32.9 Å². The molecule has 6 heteroatoms. The Balaban J connectivity index is 1.90. The van der Waals surface area contributed by atoms with Crippen molar-refractivity contribution in [2.75, 3.05) is 13.1 Å². The molecule has 1 atom stereocenters. The molecule has 0 radical (unpaired) electrons. The lowest BCUT2D eigenvalue weighted by molar-refractivity contribution is -0.141. The van der Waals surface area contributed by atoms with Crippen LogP contribution in [0, 0.1) is 5.92 Å². The summed E-state index contributed by atoms with van der Waals surface area (Å²) in [7, 11) is 0. The second-order valence-corrected chi connectivity index (χ2v) is 5.70. The number of nitrogens with zero attached hydrogens (tertiary/aromatic N) is 1. The van der Waals surface area contributed by atoms with Crippen LogP contribution < -0.4 is 10.1 Å². The van der Waals surface area contributed by atoms with Crippen LogP contribution in [0.1, 0.15) is 25.8 Å². The zero-order chi connectivity index (χ0) is 16.1. The molecular formula is C16H22N2O4. The second-order valence-electron chi connectivity index (χ2n) is 5.70. The Morgan fingerprint density at radius 2 is 2.14 bits per heavy atom. The normalized spacial score (nSPS) is 17.6. The van der Waals surface area contributed by atoms with Gasteiger partial charge in [0.1, 0.15) is 5.75 Å². The number of urea groups is 1. The van der Waals surface area contributed by atoms with Gasteiger partial charge < -0.3 is 20.1 Å². The van der Waals surface area contributed by atoms with Gasteiger partial charge in [-0.05, 0) is 26.3 Å². The molecule has 0 saturated carbocycles. The number of hydrogen-bond acceptors (Lipinski definition) is 3. The van der Waals surface area contributed by atoms with Gasteiger partial charge in [0.25, 0.3) is 0 Å². The van der Waals surface area contributed by atoms with E-state index in [4.69, 9.17) is 9.84 Å². The molecule has 1 aromatic rings. The van der Waals surface area contributed by atoms with E-state index in [1.165, 1.54) is 0 Å². The van der Waals surface area contributed by atoms with Crippen LogP contribution in [0.4, 0.5) is 4.79 Å². The molecule has 0 bridgehead atoms. The molecule has 1 saturated heterocycles. The average molecular weight is 306 g/mol. The maximum Gasteiger partial charge on any atom is 0.317 e. The van der Waals surface area contributed by atoms with Gasteiger partial charge >= 0.3 is 12.0 Å². The zero-order valence-electron chi connectivity index (χ0n) is 12.9. The monoisotopic (exact) mass is 306 g/mol. The molecule has 2 amide bonds. The number of amides is 2. The maximum absolute atomic E-state index is 12.1. The summed E-state index contributed by atoms with van der Waals surface area (Å²) in [4.78, 5) is 24.6. The Morgan fingerprint density at radius 1 is 1.41 bits per heavy atom. The molecule has 1 aliphatic rings. The first-order valence-corrected chi connectivity index (χ1v) is 7.47. The van der Waals surface area contributed by atoms with E-state index in [-0.39, 0.29) is 18.7 Å². The van der Waals surface area contributed by atoms with Gasteiger partial charge in [0.15, 0.2) is 0 Å². The van der Waals surface area contributed by atoms with Gasteiger partial charge in [0, 0.05) is 25.2 Å². The topological polar surface area (TPSA) is 78.9 Å². The number of hydrogen-bond donors (Lipinski definition) is 2. The SMILES string of the molecule is CC(C)Oc1ccccc1CNC(=O)N1CCC(C(=O)O)C1. The first-order chi connectivity index (χ1) is 10.5. The van der Waals surface area contributed by atoms with E-state index in [0.717, 1.165) is 11.3 Å². The lowest BCUT2D eigenvalue weighted by Gasteiger charge is -2.18. The molecule has 0 aliphatic carbocycles. The minimum absolute atomic E-state index is 0.0618. The molecule has 6 nitrogen and oxygen atoms in total. The van der Waals surface area contributed by atoms with Gasteiger partial charge in [-0.3, -0.25) is 4.79 Å². The molecule has 22 heavy (non-hydrogen) atoms. The number of carboxylic acids is 1. The fraction of sp³-hybridized carbons (Fsp3) is 0.500. The van der Waals surface area contributed by atoms with Crippen molar-refractivity contribution in [1.29, 1.82) is 0 Å². The summed E-state index contributed by atoms with van der Waals surface area (Å²) < 4.78 is 5.71. The molecular weight excluding hydrogens is 284 g/mol. The van der Waals surface area contributed by atoms with Gasteiger partial charge in [-0.2, -0.15) is 0 Å². The number of aliphatic carboxylic acids is 1. The van der Waals surface area contributed by atoms with E-state index < -0.39 is 11.9 Å². The second kappa shape index (κ2) is 7.15. The van der Waals surface area contributed by atoms with E-state index in [1.54, 1.807) is 4.90 Å². The third-order valence-electron chi connectivity index (χ3n) is 3.59. The number of carbonyl (C=O) groups is 2. The summed E-state index contributed by atoms with van der Waals surface area (Å²) >= 11 is 0. The molecule has 1 heterocycles. The highest BCUT2D eigenvalue weighted by Gasteiger charge is 2.30. The first-order valence-electron chi connectivity index (χ1n) is 7.47. The summed E-state index contributed by atoms with van der Waals surface area (Å²) in [5.74, 6) is -0.545. The minimum atomic E-state index is -0.842. The van der Waals surface area contributed by atoms with Crippen LogP contribution in [0.3, 0.4) is 0 Å². The number of likely N-dealkylation sites (tertiary alicyclic amines) is 1. The van der Waals surface area contributed by atoms with Crippen LogP contribution in [0.5, 0.6) is 5.75 Å². The van der Waals surface area contributed by atoms with Crippen molar-refractivity contribution >= 4 is 12.0 Å². The molecule has 1 aromatic carbocycles. The average Bonchev–Trinajstić information content (AvgIpc) is 2.95. The zero-order valence-corrected chi connectivity index (χ0v) is 12.9. The number of para-hydroxylation sites is 1. The van der Waals surface area contributed by atoms with E-state index in [1.807, 2.05) is 38.1 Å². The van der Waals surface area contributed by atoms with Crippen LogP contribution in [-0.4, -0.2) is 41.2 Å². The highest BCUT2D eigenvalue weighted by Crippen LogP contribution is 2.20. The summed E-state index contributed by atoms with van der Waals surface area (Å²) in [6, 6.07) is 7.33. The number of ether oxygens (including phenoxy) is 1. The van der Waals surface area contributed by atoms with Gasteiger partial charge in [0.05, 0.1) is 12.0 Å². The molecule has 120 valence electrons. The van der Waals surface area contributed by atoms with Crippen LogP contribution in [0.2, 0.25) is 0 Å². The van der Waals surface area contributed by atoms with Crippen LogP contribution in [0.25, 0.3) is 0 Å². The molecule has 1 aliphatic heterocycles. The summed E-state index contributed by atoms with van der Waals surface area (Å²) in [5, 5.41) is 11.8. The van der Waals surface area contributed by atoms with Crippen molar-refractivity contribution in [2.24, 2.45) is 5.92 Å². The fourth-order valence-corrected chi connectivity index (χ4v) is 2.45. The highest BCUT2D eigenvalue weighted by molar-refractivity contribution is 5.77. The number of benzene rings is 1. The standard InChI is InChI=1S/C16H22N2O4/c1-11(2)22-14-6-4-3-5-12(14)9-17-16(21)18-8-7-13(10-18)15(19)20/h3-6,11,13H,7-10H2,1-2H3,(H,17,21)(H,19,20). The van der Waals surface area contributed by atoms with Gasteiger partial charge in [-0.1, -0.05) is 18.2 Å². The Labute approximate surface area is 130 Å². The van der Waals surface area contributed by atoms with E-state index in [2.05, 4.69) is 5.32 Å². The van der Waals surface area contributed by atoms with E-state index >= 15 is 0 Å². The molecule has 0 spiro atoms. The Bertz CT molecular complexity index is 545. The maximum atomic E-state index is 12.1. The van der Waals surface area contributed by atoms with Crippen molar-refractivity contribution < 1.29 is 19.4 Å². The van der Waals surface area contributed by atoms with E-state index in [9.17, 15) is 9.59 Å². The predicted octanol–water partition coefficient (Wildman–Crippen LogP) is 2.09. The van der Waals surface area contributed by atoms with Crippen molar-refractivity contribution in [3.8, 4) is 5.75 Å². The number of rotatable bonds is 5. The van der Waals surface area contributed by atoms with Gasteiger partial charge in [-0.25, -0.2) is 4.79 Å². The summed E-state index contributed by atoms with van der Waals surface area (Å²) in [6.45, 7) is 5.01. The number of nitrogens with one attached hydrogen (secondary N) is 1. The van der Waals surface area contributed by atoms with Gasteiger partial charge in [0.2, 0.25) is 0 Å². The molecule has 1 unspecified atom stereocenters. The molecule has 2 N–H and O–H groups in total. The fourth-order valence-electron chi connectivity index (χ4n) is 2.45. The lowest BCUT2D eigenvalue weighted by atomic mass is 10.1. The van der Waals surface area contributed by atoms with E-state index in [0.29, 0.717) is 19.5 Å². The Morgan fingerprint density at radius 3 is 2.77 bits per heavy atom.